The Kier molecular flexibility index (Phi) is 5.00. The van der Waals surface area contributed by atoms with Crippen molar-refractivity contribution in [3.8, 4) is 0 Å². The smallest absolute Gasteiger partial charge is 0.307 e. The van der Waals surface area contributed by atoms with Crippen LogP contribution in [0.2, 0.25) is 0 Å². The van der Waals surface area contributed by atoms with Gasteiger partial charge in [0.15, 0.2) is 0 Å². The van der Waals surface area contributed by atoms with Crippen molar-refractivity contribution in [3.05, 3.63) is 39.9 Å². The molecule has 23 heavy (non-hydrogen) atoms. The van der Waals surface area contributed by atoms with Gasteiger partial charge in [0.25, 0.3) is 5.69 Å². The fourth-order valence-electron chi connectivity index (χ4n) is 2.72. The number of aliphatic carboxylic acids is 1. The van der Waals surface area contributed by atoms with E-state index in [4.69, 9.17) is 5.11 Å². The molecule has 1 aliphatic rings. The summed E-state index contributed by atoms with van der Waals surface area (Å²) >= 11 is 0. The van der Waals surface area contributed by atoms with Gasteiger partial charge in [-0.05, 0) is 17.9 Å². The molecule has 9 heteroatoms. The molecule has 1 aromatic carbocycles. The first kappa shape index (κ1) is 17.4. The Balaban J connectivity index is 2.14. The first-order chi connectivity index (χ1) is 10.7. The van der Waals surface area contributed by atoms with E-state index in [0.29, 0.717) is 18.5 Å². The molecule has 0 aromatic heterocycles. The van der Waals surface area contributed by atoms with E-state index in [1.165, 1.54) is 28.6 Å². The van der Waals surface area contributed by atoms with Crippen molar-refractivity contribution in [1.29, 1.82) is 0 Å². The van der Waals surface area contributed by atoms with E-state index >= 15 is 0 Å². The summed E-state index contributed by atoms with van der Waals surface area (Å²) in [7, 11) is -3.67. The van der Waals surface area contributed by atoms with Gasteiger partial charge in [-0.15, -0.1) is 0 Å². The SMILES string of the molecule is CC1CC(C(=O)O)CN(S(=O)(=O)Cc2ccc([N+](=O)[O-])cc2)C1. The predicted octanol–water partition coefficient (Wildman–Crippen LogP) is 1.47. The maximum Gasteiger partial charge on any atom is 0.307 e. The molecule has 2 rings (SSSR count). The van der Waals surface area contributed by atoms with Crippen LogP contribution in [0.1, 0.15) is 18.9 Å². The molecule has 1 N–H and O–H groups in total. The number of carboxylic acid groups (broad SMARTS) is 1. The third-order valence-electron chi connectivity index (χ3n) is 3.87. The molecule has 0 radical (unpaired) electrons. The lowest BCUT2D eigenvalue weighted by molar-refractivity contribution is -0.384. The van der Waals surface area contributed by atoms with Gasteiger partial charge in [0.1, 0.15) is 0 Å². The summed E-state index contributed by atoms with van der Waals surface area (Å²) in [6.45, 7) is 2.08. The Morgan fingerprint density at radius 2 is 1.96 bits per heavy atom. The van der Waals surface area contributed by atoms with E-state index in [1.54, 1.807) is 0 Å². The summed E-state index contributed by atoms with van der Waals surface area (Å²) in [5, 5.41) is 19.7. The minimum atomic E-state index is -3.67. The summed E-state index contributed by atoms with van der Waals surface area (Å²) in [4.78, 5) is 21.2. The maximum atomic E-state index is 12.5. The highest BCUT2D eigenvalue weighted by molar-refractivity contribution is 7.88. The number of hydrogen-bond acceptors (Lipinski definition) is 5. The van der Waals surface area contributed by atoms with Crippen LogP contribution in [0, 0.1) is 22.0 Å². The van der Waals surface area contributed by atoms with E-state index in [0.717, 1.165) is 0 Å². The number of benzene rings is 1. The fourth-order valence-corrected chi connectivity index (χ4v) is 4.41. The zero-order valence-electron chi connectivity index (χ0n) is 12.6. The van der Waals surface area contributed by atoms with Crippen molar-refractivity contribution in [2.45, 2.75) is 19.1 Å². The molecule has 1 aromatic rings. The summed E-state index contributed by atoms with van der Waals surface area (Å²) < 4.78 is 26.2. The third kappa shape index (κ3) is 4.26. The van der Waals surface area contributed by atoms with E-state index in [2.05, 4.69) is 0 Å². The molecule has 0 amide bonds. The number of non-ortho nitro benzene ring substituents is 1. The molecule has 2 atom stereocenters. The Morgan fingerprint density at radius 1 is 1.35 bits per heavy atom. The fraction of sp³-hybridized carbons (Fsp3) is 0.500. The van der Waals surface area contributed by atoms with Crippen LogP contribution in [0.3, 0.4) is 0 Å². The Hall–Kier alpha value is -2.00. The number of nitrogens with zero attached hydrogens (tertiary/aromatic N) is 2. The van der Waals surface area contributed by atoms with Gasteiger partial charge < -0.3 is 5.11 Å². The molecule has 126 valence electrons. The first-order valence-corrected chi connectivity index (χ1v) is 8.74. The largest absolute Gasteiger partial charge is 0.481 e. The molecule has 0 bridgehead atoms. The van der Waals surface area contributed by atoms with Crippen LogP contribution in [0.15, 0.2) is 24.3 Å². The molecule has 1 heterocycles. The van der Waals surface area contributed by atoms with Crippen molar-refractivity contribution >= 4 is 21.7 Å². The number of piperidine rings is 1. The second-order valence-electron chi connectivity index (χ2n) is 5.87. The number of nitro groups is 1. The second-order valence-corrected chi connectivity index (χ2v) is 7.84. The minimum Gasteiger partial charge on any atom is -0.481 e. The van der Waals surface area contributed by atoms with Gasteiger partial charge in [-0.2, -0.15) is 0 Å². The minimum absolute atomic E-state index is 0.0310. The van der Waals surface area contributed by atoms with Crippen LogP contribution in [0.4, 0.5) is 5.69 Å². The highest BCUT2D eigenvalue weighted by Crippen LogP contribution is 2.25. The molecule has 1 saturated heterocycles. The number of rotatable bonds is 5. The standard InChI is InChI=1S/C14H18N2O6S/c1-10-6-12(14(17)18)8-15(7-10)23(21,22)9-11-2-4-13(5-3-11)16(19)20/h2-5,10,12H,6-9H2,1H3,(H,17,18). The second kappa shape index (κ2) is 6.63. The topological polar surface area (TPSA) is 118 Å². The first-order valence-electron chi connectivity index (χ1n) is 7.13. The van der Waals surface area contributed by atoms with Gasteiger partial charge >= 0.3 is 5.97 Å². The van der Waals surface area contributed by atoms with Crippen molar-refractivity contribution in [2.75, 3.05) is 13.1 Å². The molecule has 1 fully saturated rings. The lowest BCUT2D eigenvalue weighted by atomic mass is 9.92. The lowest BCUT2D eigenvalue weighted by Gasteiger charge is -2.33. The summed E-state index contributed by atoms with van der Waals surface area (Å²) in [5.41, 5.74) is 0.324. The average Bonchev–Trinajstić information content (AvgIpc) is 2.46. The molecule has 0 aliphatic carbocycles. The summed E-state index contributed by atoms with van der Waals surface area (Å²) in [6.07, 6.45) is 0.457. The van der Waals surface area contributed by atoms with Crippen molar-refractivity contribution in [2.24, 2.45) is 11.8 Å². The van der Waals surface area contributed by atoms with Crippen molar-refractivity contribution < 1.29 is 23.2 Å². The number of nitro benzene ring substituents is 1. The molecular weight excluding hydrogens is 324 g/mol. The Labute approximate surface area is 133 Å². The monoisotopic (exact) mass is 342 g/mol. The zero-order valence-corrected chi connectivity index (χ0v) is 13.4. The van der Waals surface area contributed by atoms with E-state index in [9.17, 15) is 23.3 Å². The maximum absolute atomic E-state index is 12.5. The molecule has 0 saturated carbocycles. The summed E-state index contributed by atoms with van der Waals surface area (Å²) in [5.74, 6) is -2.03. The highest BCUT2D eigenvalue weighted by Gasteiger charge is 2.35. The van der Waals surface area contributed by atoms with Crippen LogP contribution in [0.5, 0.6) is 0 Å². The van der Waals surface area contributed by atoms with E-state index in [1.807, 2.05) is 6.92 Å². The van der Waals surface area contributed by atoms with E-state index in [-0.39, 0.29) is 23.9 Å². The molecule has 0 spiro atoms. The van der Waals surface area contributed by atoms with Gasteiger partial charge in [0, 0.05) is 25.2 Å². The Bertz CT molecular complexity index is 700. The van der Waals surface area contributed by atoms with Crippen LogP contribution in [-0.4, -0.2) is 41.8 Å². The predicted molar refractivity (Wildman–Crippen MR) is 82.2 cm³/mol. The molecular formula is C14H18N2O6S. The quantitative estimate of drug-likeness (QED) is 0.639. The van der Waals surface area contributed by atoms with Gasteiger partial charge in [-0.25, -0.2) is 12.7 Å². The number of carboxylic acids is 1. The Morgan fingerprint density at radius 3 is 2.48 bits per heavy atom. The number of carbonyl (C=O) groups is 1. The lowest BCUT2D eigenvalue weighted by Crippen LogP contribution is -2.45. The average molecular weight is 342 g/mol. The van der Waals surface area contributed by atoms with Crippen LogP contribution < -0.4 is 0 Å². The van der Waals surface area contributed by atoms with Gasteiger partial charge in [0.05, 0.1) is 16.6 Å². The van der Waals surface area contributed by atoms with Gasteiger partial charge in [-0.1, -0.05) is 19.1 Å². The third-order valence-corrected chi connectivity index (χ3v) is 5.65. The molecule has 8 nitrogen and oxygen atoms in total. The van der Waals surface area contributed by atoms with Crippen LogP contribution in [0.25, 0.3) is 0 Å². The zero-order chi connectivity index (χ0) is 17.2. The highest BCUT2D eigenvalue weighted by atomic mass is 32.2. The normalized spacial score (nSPS) is 22.7. The van der Waals surface area contributed by atoms with Crippen LogP contribution >= 0.6 is 0 Å². The van der Waals surface area contributed by atoms with Gasteiger partial charge in [0.2, 0.25) is 10.0 Å². The van der Waals surface area contributed by atoms with E-state index < -0.39 is 26.8 Å². The molecule has 2 unspecified atom stereocenters. The van der Waals surface area contributed by atoms with Crippen molar-refractivity contribution in [3.63, 3.8) is 0 Å². The van der Waals surface area contributed by atoms with Crippen molar-refractivity contribution in [1.82, 2.24) is 4.31 Å². The molecule has 1 aliphatic heterocycles. The van der Waals surface area contributed by atoms with Gasteiger partial charge in [-0.3, -0.25) is 14.9 Å². The number of sulfonamides is 1. The summed E-state index contributed by atoms with van der Waals surface area (Å²) in [6, 6.07) is 5.31. The van der Waals surface area contributed by atoms with Crippen LogP contribution in [-0.2, 0) is 20.6 Å². The number of hydrogen-bond donors (Lipinski definition) is 1.